The Kier molecular flexibility index (Phi) is 5.70. The fourth-order valence-corrected chi connectivity index (χ4v) is 3.09. The topological polar surface area (TPSA) is 71.3 Å². The second-order valence-electron chi connectivity index (χ2n) is 7.03. The van der Waals surface area contributed by atoms with Crippen molar-refractivity contribution in [3.05, 3.63) is 47.2 Å². The molecule has 1 fully saturated rings. The van der Waals surface area contributed by atoms with E-state index in [1.54, 1.807) is 19.1 Å². The summed E-state index contributed by atoms with van der Waals surface area (Å²) >= 11 is 0. The van der Waals surface area contributed by atoms with Crippen LogP contribution >= 0.6 is 0 Å². The second-order valence-corrected chi connectivity index (χ2v) is 7.03. The van der Waals surface area contributed by atoms with Crippen LogP contribution in [0.2, 0.25) is 0 Å². The van der Waals surface area contributed by atoms with Crippen LogP contribution in [0.5, 0.6) is 5.75 Å². The highest BCUT2D eigenvalue weighted by molar-refractivity contribution is 6.11. The number of hydrogen-bond acceptors (Lipinski definition) is 6. The first kappa shape index (κ1) is 19.2. The van der Waals surface area contributed by atoms with E-state index in [4.69, 9.17) is 14.9 Å². The van der Waals surface area contributed by atoms with Crippen LogP contribution in [0.3, 0.4) is 0 Å². The molecular formula is C20H25FN4O2. The zero-order chi connectivity index (χ0) is 19.6. The zero-order valence-electron chi connectivity index (χ0n) is 16.1. The van der Waals surface area contributed by atoms with E-state index in [0.29, 0.717) is 23.4 Å². The van der Waals surface area contributed by atoms with Crippen molar-refractivity contribution in [2.24, 2.45) is 0 Å². The van der Waals surface area contributed by atoms with Crippen molar-refractivity contribution in [3.63, 3.8) is 0 Å². The zero-order valence-corrected chi connectivity index (χ0v) is 16.1. The fraction of sp³-hybridized carbons (Fsp3) is 0.450. The first-order chi connectivity index (χ1) is 12.8. The summed E-state index contributed by atoms with van der Waals surface area (Å²) in [6.07, 6.45) is 1.44. The molecule has 1 atom stereocenters. The van der Waals surface area contributed by atoms with E-state index in [2.05, 4.69) is 14.9 Å². The van der Waals surface area contributed by atoms with Gasteiger partial charge in [-0.2, -0.15) is 0 Å². The van der Waals surface area contributed by atoms with Crippen LogP contribution in [0.15, 0.2) is 24.5 Å². The van der Waals surface area contributed by atoms with E-state index >= 15 is 0 Å². The lowest BCUT2D eigenvalue weighted by molar-refractivity contribution is 0.0529. The standard InChI is InChI=1S/C20H25FN4O2/c1-12(2)27-18-8-15(13(3)7-16(18)21)20(22)17-9-19(24-11-23-17)25-5-6-26-14(4)10-25/h7-9,11-12,14,22H,5-6,10H2,1-4H3/t14-/m0/s1. The van der Waals surface area contributed by atoms with Gasteiger partial charge >= 0.3 is 0 Å². The molecule has 0 aliphatic carbocycles. The van der Waals surface area contributed by atoms with E-state index in [1.165, 1.54) is 12.4 Å². The summed E-state index contributed by atoms with van der Waals surface area (Å²) in [5.41, 5.74) is 1.95. The lowest BCUT2D eigenvalue weighted by Crippen LogP contribution is -2.41. The van der Waals surface area contributed by atoms with Crippen molar-refractivity contribution >= 4 is 11.5 Å². The summed E-state index contributed by atoms with van der Waals surface area (Å²) in [5, 5.41) is 8.60. The van der Waals surface area contributed by atoms with E-state index in [-0.39, 0.29) is 23.7 Å². The van der Waals surface area contributed by atoms with Crippen LogP contribution in [0.4, 0.5) is 10.2 Å². The number of ether oxygens (including phenoxy) is 2. The number of nitrogens with zero attached hydrogens (tertiary/aromatic N) is 3. The van der Waals surface area contributed by atoms with Crippen molar-refractivity contribution in [2.45, 2.75) is 39.9 Å². The van der Waals surface area contributed by atoms with Gasteiger partial charge in [0.05, 0.1) is 30.2 Å². The molecule has 0 bridgehead atoms. The Hall–Kier alpha value is -2.54. The Balaban J connectivity index is 1.91. The van der Waals surface area contributed by atoms with Gasteiger partial charge < -0.3 is 14.4 Å². The highest BCUT2D eigenvalue weighted by Crippen LogP contribution is 2.25. The van der Waals surface area contributed by atoms with Crippen LogP contribution in [-0.2, 0) is 4.74 Å². The molecule has 0 radical (unpaired) electrons. The second kappa shape index (κ2) is 8.00. The molecule has 1 aliphatic rings. The minimum atomic E-state index is -0.427. The normalized spacial score (nSPS) is 17.3. The summed E-state index contributed by atoms with van der Waals surface area (Å²) in [4.78, 5) is 10.7. The lowest BCUT2D eigenvalue weighted by Gasteiger charge is -2.32. The molecule has 2 heterocycles. The van der Waals surface area contributed by atoms with Gasteiger partial charge in [-0.25, -0.2) is 14.4 Å². The highest BCUT2D eigenvalue weighted by Gasteiger charge is 2.20. The summed E-state index contributed by atoms with van der Waals surface area (Å²) < 4.78 is 25.3. The number of morpholine rings is 1. The average molecular weight is 372 g/mol. The molecule has 1 aromatic carbocycles. The van der Waals surface area contributed by atoms with Crippen molar-refractivity contribution < 1.29 is 13.9 Å². The molecule has 1 saturated heterocycles. The molecule has 2 aromatic rings. The first-order valence-corrected chi connectivity index (χ1v) is 9.10. The number of hydrogen-bond donors (Lipinski definition) is 1. The minimum Gasteiger partial charge on any atom is -0.488 e. The molecule has 0 saturated carbocycles. The maximum atomic E-state index is 14.2. The number of aromatic nitrogens is 2. The van der Waals surface area contributed by atoms with Crippen LogP contribution < -0.4 is 9.64 Å². The van der Waals surface area contributed by atoms with Crippen molar-refractivity contribution in [1.29, 1.82) is 5.41 Å². The van der Waals surface area contributed by atoms with E-state index in [0.717, 1.165) is 18.9 Å². The predicted octanol–water partition coefficient (Wildman–Crippen LogP) is 3.35. The van der Waals surface area contributed by atoms with Gasteiger partial charge in [-0.3, -0.25) is 5.41 Å². The van der Waals surface area contributed by atoms with Gasteiger partial charge in [0.15, 0.2) is 11.6 Å². The molecule has 7 heteroatoms. The van der Waals surface area contributed by atoms with Crippen LogP contribution in [-0.4, -0.2) is 47.6 Å². The first-order valence-electron chi connectivity index (χ1n) is 9.10. The Morgan fingerprint density at radius 1 is 1.33 bits per heavy atom. The number of rotatable bonds is 5. The number of benzene rings is 1. The predicted molar refractivity (Wildman–Crippen MR) is 102 cm³/mol. The lowest BCUT2D eigenvalue weighted by atomic mass is 10.0. The molecular weight excluding hydrogens is 347 g/mol. The third-order valence-electron chi connectivity index (χ3n) is 4.38. The molecule has 144 valence electrons. The van der Waals surface area contributed by atoms with Crippen molar-refractivity contribution in [1.82, 2.24) is 9.97 Å². The smallest absolute Gasteiger partial charge is 0.165 e. The minimum absolute atomic E-state index is 0.131. The Bertz CT molecular complexity index is 841. The van der Waals surface area contributed by atoms with Crippen molar-refractivity contribution in [3.8, 4) is 5.75 Å². The third kappa shape index (κ3) is 4.42. The number of aryl methyl sites for hydroxylation is 1. The van der Waals surface area contributed by atoms with Gasteiger partial charge in [0, 0.05) is 24.7 Å². The molecule has 1 N–H and O–H groups in total. The molecule has 0 unspecified atom stereocenters. The Morgan fingerprint density at radius 3 is 2.81 bits per heavy atom. The summed E-state index contributed by atoms with van der Waals surface area (Å²) in [6, 6.07) is 4.77. The molecule has 0 spiro atoms. The molecule has 1 aliphatic heterocycles. The SMILES string of the molecule is Cc1cc(F)c(OC(C)C)cc1C(=N)c1cc(N2CCO[C@@H](C)C2)ncn1. The number of halogens is 1. The fourth-order valence-electron chi connectivity index (χ4n) is 3.09. The van der Waals surface area contributed by atoms with Gasteiger partial charge in [0.25, 0.3) is 0 Å². The van der Waals surface area contributed by atoms with Gasteiger partial charge in [0.1, 0.15) is 12.1 Å². The average Bonchev–Trinajstić information content (AvgIpc) is 2.63. The largest absolute Gasteiger partial charge is 0.488 e. The van der Waals surface area contributed by atoms with Crippen LogP contribution in [0.25, 0.3) is 0 Å². The molecule has 27 heavy (non-hydrogen) atoms. The van der Waals surface area contributed by atoms with Gasteiger partial charge in [-0.15, -0.1) is 0 Å². The van der Waals surface area contributed by atoms with Gasteiger partial charge in [0.2, 0.25) is 0 Å². The van der Waals surface area contributed by atoms with Crippen LogP contribution in [0, 0.1) is 18.2 Å². The maximum absolute atomic E-state index is 14.2. The molecule has 3 rings (SSSR count). The Morgan fingerprint density at radius 2 is 2.11 bits per heavy atom. The highest BCUT2D eigenvalue weighted by atomic mass is 19.1. The quantitative estimate of drug-likeness (QED) is 0.815. The van der Waals surface area contributed by atoms with E-state index < -0.39 is 5.82 Å². The molecule has 1 aromatic heterocycles. The molecule has 0 amide bonds. The molecule has 6 nitrogen and oxygen atoms in total. The third-order valence-corrected chi connectivity index (χ3v) is 4.38. The maximum Gasteiger partial charge on any atom is 0.165 e. The van der Waals surface area contributed by atoms with Crippen molar-refractivity contribution in [2.75, 3.05) is 24.6 Å². The summed E-state index contributed by atoms with van der Waals surface area (Å²) in [6.45, 7) is 9.60. The number of nitrogens with one attached hydrogen (secondary N) is 1. The Labute approximate surface area is 158 Å². The van der Waals surface area contributed by atoms with Gasteiger partial charge in [-0.1, -0.05) is 0 Å². The summed E-state index contributed by atoms with van der Waals surface area (Å²) in [7, 11) is 0. The number of anilines is 1. The van der Waals surface area contributed by atoms with E-state index in [9.17, 15) is 4.39 Å². The van der Waals surface area contributed by atoms with E-state index in [1.807, 2.05) is 20.8 Å². The monoisotopic (exact) mass is 372 g/mol. The summed E-state index contributed by atoms with van der Waals surface area (Å²) in [5.74, 6) is 0.480. The van der Waals surface area contributed by atoms with Gasteiger partial charge in [-0.05, 0) is 45.4 Å². The van der Waals surface area contributed by atoms with Crippen LogP contribution in [0.1, 0.15) is 37.6 Å².